The van der Waals surface area contributed by atoms with Gasteiger partial charge in [-0.2, -0.15) is 4.31 Å². The summed E-state index contributed by atoms with van der Waals surface area (Å²) >= 11 is 1.53. The molecule has 0 aliphatic heterocycles. The van der Waals surface area contributed by atoms with E-state index in [2.05, 4.69) is 0 Å². The summed E-state index contributed by atoms with van der Waals surface area (Å²) in [4.78, 5) is 12.4. The number of nitrogens with zero attached hydrogens (tertiary/aromatic N) is 1. The first-order valence-electron chi connectivity index (χ1n) is 7.07. The van der Waals surface area contributed by atoms with E-state index in [1.165, 1.54) is 39.9 Å². The Morgan fingerprint density at radius 2 is 2.00 bits per heavy atom. The van der Waals surface area contributed by atoms with E-state index in [1.54, 1.807) is 6.07 Å². The minimum absolute atomic E-state index is 0.192. The molecule has 0 aliphatic rings. The van der Waals surface area contributed by atoms with E-state index < -0.39 is 15.6 Å². The number of rotatable bonds is 5. The lowest BCUT2D eigenvalue weighted by atomic mass is 10.2. The Morgan fingerprint density at radius 1 is 1.17 bits per heavy atom. The van der Waals surface area contributed by atoms with Crippen LogP contribution in [0.3, 0.4) is 0 Å². The van der Waals surface area contributed by atoms with Gasteiger partial charge in [0.1, 0.15) is 5.58 Å². The quantitative estimate of drug-likeness (QED) is 0.664. The van der Waals surface area contributed by atoms with Crippen LogP contribution in [0.25, 0.3) is 11.0 Å². The zero-order chi connectivity index (χ0) is 16.4. The van der Waals surface area contributed by atoms with Gasteiger partial charge < -0.3 is 4.42 Å². The fourth-order valence-corrected chi connectivity index (χ4v) is 4.57. The van der Waals surface area contributed by atoms with Gasteiger partial charge in [-0.1, -0.05) is 13.0 Å². The molecule has 0 fully saturated rings. The van der Waals surface area contributed by atoms with Gasteiger partial charge in [-0.3, -0.25) is 0 Å². The third-order valence-electron chi connectivity index (χ3n) is 3.49. The summed E-state index contributed by atoms with van der Waals surface area (Å²) in [5, 5.41) is 2.51. The number of hydrogen-bond donors (Lipinski definition) is 0. The Morgan fingerprint density at radius 3 is 2.70 bits per heavy atom. The third kappa shape index (κ3) is 3.21. The van der Waals surface area contributed by atoms with Crippen LogP contribution in [0, 0.1) is 0 Å². The van der Waals surface area contributed by atoms with E-state index in [-0.39, 0.29) is 4.90 Å². The third-order valence-corrected chi connectivity index (χ3v) is 6.27. The predicted octanol–water partition coefficient (Wildman–Crippen LogP) is 3.07. The van der Waals surface area contributed by atoms with Gasteiger partial charge in [-0.05, 0) is 35.7 Å². The molecule has 0 unspecified atom stereocenters. The number of sulfonamides is 1. The molecule has 0 radical (unpaired) electrons. The van der Waals surface area contributed by atoms with Crippen LogP contribution >= 0.6 is 11.3 Å². The fraction of sp³-hybridized carbons (Fsp3) is 0.188. The second-order valence-corrected chi connectivity index (χ2v) is 7.93. The summed E-state index contributed by atoms with van der Waals surface area (Å²) in [6.45, 7) is 2.53. The summed E-state index contributed by atoms with van der Waals surface area (Å²) < 4.78 is 32.1. The van der Waals surface area contributed by atoms with Gasteiger partial charge in [0.2, 0.25) is 10.0 Å². The van der Waals surface area contributed by atoms with E-state index >= 15 is 0 Å². The fourth-order valence-electron chi connectivity index (χ4n) is 2.30. The Balaban J connectivity index is 2.00. The number of fused-ring (bicyclic) bond motifs is 1. The highest BCUT2D eigenvalue weighted by molar-refractivity contribution is 7.89. The molecular formula is C16H15NO4S2. The Labute approximate surface area is 137 Å². The van der Waals surface area contributed by atoms with Gasteiger partial charge in [-0.15, -0.1) is 11.3 Å². The molecule has 23 heavy (non-hydrogen) atoms. The van der Waals surface area contributed by atoms with Crippen LogP contribution in [0.2, 0.25) is 0 Å². The summed E-state index contributed by atoms with van der Waals surface area (Å²) in [6, 6.07) is 11.2. The number of thiophene rings is 1. The topological polar surface area (TPSA) is 67.6 Å². The van der Waals surface area contributed by atoms with Gasteiger partial charge in [-0.25, -0.2) is 13.2 Å². The lowest BCUT2D eigenvalue weighted by Gasteiger charge is -2.20. The van der Waals surface area contributed by atoms with E-state index in [9.17, 15) is 13.2 Å². The maximum atomic E-state index is 12.8. The van der Waals surface area contributed by atoms with Crippen LogP contribution in [-0.2, 0) is 16.6 Å². The maximum absolute atomic E-state index is 12.8. The van der Waals surface area contributed by atoms with Crippen molar-refractivity contribution in [3.63, 3.8) is 0 Å². The number of hydrogen-bond acceptors (Lipinski definition) is 5. The Bertz CT molecular complexity index is 975. The van der Waals surface area contributed by atoms with Crippen molar-refractivity contribution in [3.05, 3.63) is 63.1 Å². The van der Waals surface area contributed by atoms with Gasteiger partial charge in [0, 0.05) is 29.4 Å². The normalized spacial score (nSPS) is 12.1. The maximum Gasteiger partial charge on any atom is 0.336 e. The average Bonchev–Trinajstić information content (AvgIpc) is 3.05. The van der Waals surface area contributed by atoms with Gasteiger partial charge >= 0.3 is 5.63 Å². The Hall–Kier alpha value is -1.96. The standard InChI is InChI=1S/C16H15NO4S2/c1-2-17(11-13-4-3-9-22-13)23(19,20)14-6-7-15-12(10-14)5-8-16(18)21-15/h3-10H,2,11H2,1H3. The van der Waals surface area contributed by atoms with Crippen LogP contribution in [-0.4, -0.2) is 19.3 Å². The highest BCUT2D eigenvalue weighted by atomic mass is 32.2. The highest BCUT2D eigenvalue weighted by Crippen LogP contribution is 2.23. The molecule has 0 atom stereocenters. The van der Waals surface area contributed by atoms with Crippen molar-refractivity contribution in [1.82, 2.24) is 4.31 Å². The molecule has 2 aromatic heterocycles. The van der Waals surface area contributed by atoms with Gasteiger partial charge in [0.25, 0.3) is 0 Å². The predicted molar refractivity (Wildman–Crippen MR) is 90.1 cm³/mol. The van der Waals surface area contributed by atoms with Crippen molar-refractivity contribution in [2.45, 2.75) is 18.4 Å². The molecule has 3 aromatic rings. The minimum Gasteiger partial charge on any atom is -0.423 e. The second-order valence-electron chi connectivity index (χ2n) is 4.96. The molecule has 2 heterocycles. The zero-order valence-corrected chi connectivity index (χ0v) is 14.1. The van der Waals surface area contributed by atoms with Crippen LogP contribution < -0.4 is 5.63 Å². The van der Waals surface area contributed by atoms with Crippen molar-refractivity contribution in [3.8, 4) is 0 Å². The summed E-state index contributed by atoms with van der Waals surface area (Å²) in [5.74, 6) is 0. The van der Waals surface area contributed by atoms with Crippen molar-refractivity contribution in [1.29, 1.82) is 0 Å². The van der Waals surface area contributed by atoms with E-state index in [0.717, 1.165) is 4.88 Å². The van der Waals surface area contributed by atoms with Crippen LogP contribution in [0.1, 0.15) is 11.8 Å². The summed E-state index contributed by atoms with van der Waals surface area (Å²) in [6.07, 6.45) is 0. The van der Waals surface area contributed by atoms with E-state index in [0.29, 0.717) is 24.1 Å². The Kier molecular flexibility index (Phi) is 4.34. The smallest absolute Gasteiger partial charge is 0.336 e. The largest absolute Gasteiger partial charge is 0.423 e. The van der Waals surface area contributed by atoms with Crippen LogP contribution in [0.5, 0.6) is 0 Å². The van der Waals surface area contributed by atoms with Crippen molar-refractivity contribution in [2.75, 3.05) is 6.54 Å². The first-order valence-corrected chi connectivity index (χ1v) is 9.39. The molecule has 5 nitrogen and oxygen atoms in total. The summed E-state index contributed by atoms with van der Waals surface area (Å²) in [7, 11) is -3.61. The molecule has 0 amide bonds. The van der Waals surface area contributed by atoms with E-state index in [1.807, 2.05) is 24.4 Å². The van der Waals surface area contributed by atoms with E-state index in [4.69, 9.17) is 4.42 Å². The van der Waals surface area contributed by atoms with Crippen molar-refractivity contribution in [2.24, 2.45) is 0 Å². The van der Waals surface area contributed by atoms with Crippen LogP contribution in [0.15, 0.2) is 62.0 Å². The molecule has 0 bridgehead atoms. The summed E-state index contributed by atoms with van der Waals surface area (Å²) in [5.41, 5.74) is -0.0845. The molecule has 0 saturated heterocycles. The second kappa shape index (κ2) is 6.27. The SMILES string of the molecule is CCN(Cc1cccs1)S(=O)(=O)c1ccc2oc(=O)ccc2c1. The van der Waals surface area contributed by atoms with Crippen LogP contribution in [0.4, 0.5) is 0 Å². The van der Waals surface area contributed by atoms with Crippen molar-refractivity contribution < 1.29 is 12.8 Å². The molecule has 0 N–H and O–H groups in total. The molecule has 0 saturated carbocycles. The molecule has 1 aromatic carbocycles. The zero-order valence-electron chi connectivity index (χ0n) is 12.4. The first-order chi connectivity index (χ1) is 11.0. The van der Waals surface area contributed by atoms with Crippen molar-refractivity contribution >= 4 is 32.3 Å². The first kappa shape index (κ1) is 15.9. The molecule has 120 valence electrons. The average molecular weight is 349 g/mol. The molecule has 3 rings (SSSR count). The lowest BCUT2D eigenvalue weighted by molar-refractivity contribution is 0.426. The highest BCUT2D eigenvalue weighted by Gasteiger charge is 2.24. The monoisotopic (exact) mass is 349 g/mol. The molecule has 0 spiro atoms. The molecule has 7 heteroatoms. The molecular weight excluding hydrogens is 334 g/mol. The molecule has 0 aliphatic carbocycles. The lowest BCUT2D eigenvalue weighted by Crippen LogP contribution is -2.30. The van der Waals surface area contributed by atoms with Gasteiger partial charge in [0.15, 0.2) is 0 Å². The minimum atomic E-state index is -3.61. The van der Waals surface area contributed by atoms with Gasteiger partial charge in [0.05, 0.1) is 4.90 Å². The number of benzene rings is 1.